The Labute approximate surface area is 172 Å². The highest BCUT2D eigenvalue weighted by Gasteiger charge is 2.28. The van der Waals surface area contributed by atoms with Crippen molar-refractivity contribution in [3.05, 3.63) is 48.0 Å². The van der Waals surface area contributed by atoms with E-state index in [0.717, 1.165) is 18.4 Å². The van der Waals surface area contributed by atoms with Crippen molar-refractivity contribution in [3.63, 3.8) is 0 Å². The van der Waals surface area contributed by atoms with Crippen molar-refractivity contribution in [1.82, 2.24) is 0 Å². The molecule has 0 aromatic heterocycles. The second-order valence-electron chi connectivity index (χ2n) is 6.82. The molecule has 0 unspecified atom stereocenters. The van der Waals surface area contributed by atoms with Crippen molar-refractivity contribution >= 4 is 31.4 Å². The standard InChI is InChI=1S/C20H26N2O5S2/c1-3-16-7-9-17(10-8-16)21-29(25,26)20-15-18(11-12-19(20)27-4-2)22-13-5-6-14-28(22,23)24/h7-12,15,21H,3-6,13-14H2,1-2H3. The van der Waals surface area contributed by atoms with Crippen LogP contribution in [-0.4, -0.2) is 35.7 Å². The van der Waals surface area contributed by atoms with E-state index in [0.29, 0.717) is 24.3 Å². The van der Waals surface area contributed by atoms with E-state index in [1.54, 1.807) is 25.1 Å². The fraction of sp³-hybridized carbons (Fsp3) is 0.400. The minimum Gasteiger partial charge on any atom is -0.492 e. The smallest absolute Gasteiger partial charge is 0.265 e. The third-order valence-corrected chi connectivity index (χ3v) is 8.04. The van der Waals surface area contributed by atoms with Crippen molar-refractivity contribution in [2.75, 3.05) is 27.9 Å². The number of hydrogen-bond acceptors (Lipinski definition) is 5. The SMILES string of the molecule is CCOc1ccc(N2CCCCS2(=O)=O)cc1S(=O)(=O)Nc1ccc(CC)cc1. The number of rotatable bonds is 7. The lowest BCUT2D eigenvalue weighted by Crippen LogP contribution is -2.37. The zero-order chi connectivity index (χ0) is 21.1. The maximum atomic E-state index is 13.1. The average Bonchev–Trinajstić information content (AvgIpc) is 2.68. The van der Waals surface area contributed by atoms with Crippen LogP contribution in [0.4, 0.5) is 11.4 Å². The maximum Gasteiger partial charge on any atom is 0.265 e. The molecular weight excluding hydrogens is 412 g/mol. The summed E-state index contributed by atoms with van der Waals surface area (Å²) in [6.45, 7) is 4.40. The number of nitrogens with zero attached hydrogens (tertiary/aromatic N) is 1. The fourth-order valence-electron chi connectivity index (χ4n) is 3.23. The summed E-state index contributed by atoms with van der Waals surface area (Å²) in [6.07, 6.45) is 2.20. The lowest BCUT2D eigenvalue weighted by molar-refractivity contribution is 0.331. The fourth-order valence-corrected chi connectivity index (χ4v) is 6.09. The predicted octanol–water partition coefficient (Wildman–Crippen LogP) is 3.38. The van der Waals surface area contributed by atoms with Crippen LogP contribution in [0, 0.1) is 0 Å². The summed E-state index contributed by atoms with van der Waals surface area (Å²) in [5.41, 5.74) is 1.86. The molecule has 0 radical (unpaired) electrons. The molecule has 0 amide bonds. The molecule has 1 saturated heterocycles. The molecular formula is C20H26N2O5S2. The second kappa shape index (κ2) is 8.62. The van der Waals surface area contributed by atoms with Crippen molar-refractivity contribution in [2.24, 2.45) is 0 Å². The Morgan fingerprint density at radius 2 is 1.79 bits per heavy atom. The first kappa shape index (κ1) is 21.4. The topological polar surface area (TPSA) is 92.8 Å². The van der Waals surface area contributed by atoms with Crippen LogP contribution in [0.15, 0.2) is 47.4 Å². The van der Waals surface area contributed by atoms with Gasteiger partial charge in [-0.05, 0) is 62.1 Å². The van der Waals surface area contributed by atoms with Crippen LogP contribution in [0.25, 0.3) is 0 Å². The summed E-state index contributed by atoms with van der Waals surface area (Å²) in [6, 6.07) is 11.6. The monoisotopic (exact) mass is 438 g/mol. The molecule has 0 atom stereocenters. The number of sulfonamides is 2. The largest absolute Gasteiger partial charge is 0.492 e. The van der Waals surface area contributed by atoms with E-state index >= 15 is 0 Å². The van der Waals surface area contributed by atoms with Gasteiger partial charge in [-0.2, -0.15) is 0 Å². The summed E-state index contributed by atoms with van der Waals surface area (Å²) in [5, 5.41) is 0. The zero-order valence-electron chi connectivity index (χ0n) is 16.6. The Morgan fingerprint density at radius 3 is 2.41 bits per heavy atom. The van der Waals surface area contributed by atoms with Crippen molar-refractivity contribution in [3.8, 4) is 5.75 Å². The summed E-state index contributed by atoms with van der Waals surface area (Å²) in [5.74, 6) is 0.243. The Morgan fingerprint density at radius 1 is 1.07 bits per heavy atom. The molecule has 0 aliphatic carbocycles. The Kier molecular flexibility index (Phi) is 6.38. The first-order valence-corrected chi connectivity index (χ1v) is 12.7. The summed E-state index contributed by atoms with van der Waals surface area (Å²) < 4.78 is 60.4. The third-order valence-electron chi connectivity index (χ3n) is 4.77. The Balaban J connectivity index is 2.00. The normalized spacial score (nSPS) is 16.4. The maximum absolute atomic E-state index is 13.1. The number of nitrogens with one attached hydrogen (secondary N) is 1. The van der Waals surface area contributed by atoms with Gasteiger partial charge in [0.2, 0.25) is 10.0 Å². The second-order valence-corrected chi connectivity index (χ2v) is 10.5. The quantitative estimate of drug-likeness (QED) is 0.715. The Bertz CT molecular complexity index is 1060. The molecule has 1 fully saturated rings. The highest BCUT2D eigenvalue weighted by molar-refractivity contribution is 7.93. The van der Waals surface area contributed by atoms with Gasteiger partial charge in [-0.15, -0.1) is 0 Å². The highest BCUT2D eigenvalue weighted by Crippen LogP contribution is 2.33. The van der Waals surface area contributed by atoms with Gasteiger partial charge in [-0.3, -0.25) is 9.03 Å². The van der Waals surface area contributed by atoms with Crippen LogP contribution in [0.2, 0.25) is 0 Å². The van der Waals surface area contributed by atoms with Crippen LogP contribution in [0.3, 0.4) is 0 Å². The lowest BCUT2D eigenvalue weighted by atomic mass is 10.2. The number of hydrogen-bond donors (Lipinski definition) is 1. The molecule has 0 saturated carbocycles. The number of aryl methyl sites for hydroxylation is 1. The number of ether oxygens (including phenoxy) is 1. The van der Waals surface area contributed by atoms with Crippen LogP contribution < -0.4 is 13.8 Å². The molecule has 29 heavy (non-hydrogen) atoms. The molecule has 3 rings (SSSR count). The molecule has 0 spiro atoms. The molecule has 2 aromatic rings. The van der Waals surface area contributed by atoms with Gasteiger partial charge in [0.25, 0.3) is 10.0 Å². The minimum absolute atomic E-state index is 0.0598. The molecule has 1 aliphatic rings. The van der Waals surface area contributed by atoms with Gasteiger partial charge in [-0.1, -0.05) is 19.1 Å². The van der Waals surface area contributed by atoms with Crippen molar-refractivity contribution in [2.45, 2.75) is 38.0 Å². The summed E-state index contributed by atoms with van der Waals surface area (Å²) in [4.78, 5) is -0.0859. The highest BCUT2D eigenvalue weighted by atomic mass is 32.2. The van der Waals surface area contributed by atoms with Gasteiger partial charge < -0.3 is 4.74 Å². The molecule has 0 bridgehead atoms. The van der Waals surface area contributed by atoms with Crippen LogP contribution in [0.5, 0.6) is 5.75 Å². The van der Waals surface area contributed by atoms with Crippen LogP contribution in [-0.2, 0) is 26.5 Å². The van der Waals surface area contributed by atoms with E-state index in [9.17, 15) is 16.8 Å². The van der Waals surface area contributed by atoms with Crippen LogP contribution in [0.1, 0.15) is 32.3 Å². The van der Waals surface area contributed by atoms with E-state index in [4.69, 9.17) is 4.74 Å². The number of benzene rings is 2. The average molecular weight is 439 g/mol. The number of anilines is 2. The molecule has 7 nitrogen and oxygen atoms in total. The molecule has 158 valence electrons. The minimum atomic E-state index is -3.98. The van der Waals surface area contributed by atoms with Crippen LogP contribution >= 0.6 is 0 Å². The molecule has 2 aromatic carbocycles. The first-order valence-electron chi connectivity index (χ1n) is 9.66. The van der Waals surface area contributed by atoms with Crippen molar-refractivity contribution < 1.29 is 21.6 Å². The van der Waals surface area contributed by atoms with E-state index in [2.05, 4.69) is 4.72 Å². The van der Waals surface area contributed by atoms with E-state index < -0.39 is 20.0 Å². The zero-order valence-corrected chi connectivity index (χ0v) is 18.2. The Hall–Kier alpha value is -2.26. The van der Waals surface area contributed by atoms with E-state index in [1.807, 2.05) is 19.1 Å². The van der Waals surface area contributed by atoms with Gasteiger partial charge in [0, 0.05) is 12.2 Å². The van der Waals surface area contributed by atoms with Gasteiger partial charge in [0.1, 0.15) is 10.6 Å². The third kappa shape index (κ3) is 4.84. The predicted molar refractivity (Wildman–Crippen MR) is 115 cm³/mol. The van der Waals surface area contributed by atoms with Crippen molar-refractivity contribution in [1.29, 1.82) is 0 Å². The lowest BCUT2D eigenvalue weighted by Gasteiger charge is -2.28. The summed E-state index contributed by atoms with van der Waals surface area (Å²) in [7, 11) is -7.43. The van der Waals surface area contributed by atoms with E-state index in [-0.39, 0.29) is 23.0 Å². The molecule has 9 heteroatoms. The molecule has 1 heterocycles. The first-order chi connectivity index (χ1) is 13.8. The van der Waals surface area contributed by atoms with Gasteiger partial charge in [0.05, 0.1) is 18.0 Å². The molecule has 1 aliphatic heterocycles. The van der Waals surface area contributed by atoms with E-state index in [1.165, 1.54) is 16.4 Å². The molecule has 1 N–H and O–H groups in total. The summed E-state index contributed by atoms with van der Waals surface area (Å²) >= 11 is 0. The van der Waals surface area contributed by atoms with Gasteiger partial charge in [-0.25, -0.2) is 16.8 Å². The van der Waals surface area contributed by atoms with Gasteiger partial charge in [0.15, 0.2) is 0 Å². The van der Waals surface area contributed by atoms with Gasteiger partial charge >= 0.3 is 0 Å².